The van der Waals surface area contributed by atoms with Gasteiger partial charge in [-0.15, -0.1) is 13.2 Å². The normalized spacial score (nSPS) is 12.2. The summed E-state index contributed by atoms with van der Waals surface area (Å²) in [4.78, 5) is 29.4. The van der Waals surface area contributed by atoms with E-state index in [1.807, 2.05) is 0 Å². The van der Waals surface area contributed by atoms with Gasteiger partial charge in [-0.3, -0.25) is 18.5 Å². The van der Waals surface area contributed by atoms with Crippen molar-refractivity contribution in [2.75, 3.05) is 0 Å². The van der Waals surface area contributed by atoms with Crippen LogP contribution in [-0.2, 0) is 26.8 Å². The minimum atomic E-state index is -4.95. The Labute approximate surface area is 197 Å². The van der Waals surface area contributed by atoms with Gasteiger partial charge in [0.15, 0.2) is 11.2 Å². The lowest BCUT2D eigenvalue weighted by Crippen LogP contribution is -2.37. The van der Waals surface area contributed by atoms with Crippen molar-refractivity contribution in [3.8, 4) is 17.5 Å². The zero-order chi connectivity index (χ0) is 26.4. The number of hydrogen-bond donors (Lipinski definition) is 0. The molecule has 0 atom stereocenters. The Kier molecular flexibility index (Phi) is 6.06. The van der Waals surface area contributed by atoms with Gasteiger partial charge in [0.05, 0.1) is 12.1 Å². The fraction of sp³-hybridized carbons (Fsp3) is 0.227. The van der Waals surface area contributed by atoms with Gasteiger partial charge in [0, 0.05) is 20.2 Å². The summed E-state index contributed by atoms with van der Waals surface area (Å²) < 4.78 is 89.2. The summed E-state index contributed by atoms with van der Waals surface area (Å²) in [7, 11) is 2.58. The van der Waals surface area contributed by atoms with Gasteiger partial charge in [0.1, 0.15) is 11.5 Å². The van der Waals surface area contributed by atoms with Gasteiger partial charge < -0.3 is 9.47 Å². The molecule has 0 aliphatic heterocycles. The van der Waals surface area contributed by atoms with E-state index in [2.05, 4.69) is 9.72 Å². The van der Waals surface area contributed by atoms with Crippen molar-refractivity contribution in [2.45, 2.75) is 19.1 Å². The van der Waals surface area contributed by atoms with E-state index in [4.69, 9.17) is 4.74 Å². The molecule has 0 radical (unpaired) electrons. The van der Waals surface area contributed by atoms with Gasteiger partial charge in [-0.1, -0.05) is 18.2 Å². The topological polar surface area (TPSA) is 80.3 Å². The van der Waals surface area contributed by atoms with Crippen LogP contribution in [0, 0.1) is 0 Å². The molecule has 0 bridgehead atoms. The van der Waals surface area contributed by atoms with Gasteiger partial charge in [0.2, 0.25) is 0 Å². The van der Waals surface area contributed by atoms with Gasteiger partial charge >= 0.3 is 24.2 Å². The second-order valence-corrected chi connectivity index (χ2v) is 7.68. The Hall–Kier alpha value is -4.23. The molecular formula is C22H16F6N4O4. The van der Waals surface area contributed by atoms with Gasteiger partial charge in [-0.25, -0.2) is 4.79 Å². The van der Waals surface area contributed by atoms with Crippen molar-refractivity contribution in [3.63, 3.8) is 0 Å². The first kappa shape index (κ1) is 24.9. The third-order valence-corrected chi connectivity index (χ3v) is 5.18. The number of fused-ring (bicyclic) bond motifs is 1. The van der Waals surface area contributed by atoms with Crippen LogP contribution in [-0.4, -0.2) is 25.0 Å². The van der Waals surface area contributed by atoms with Gasteiger partial charge in [-0.05, 0) is 29.8 Å². The van der Waals surface area contributed by atoms with Crippen LogP contribution in [0.2, 0.25) is 0 Å². The van der Waals surface area contributed by atoms with E-state index in [1.54, 1.807) is 0 Å². The standard InChI is InChI=1S/C22H16F6N4O4/c1-30-17-16(18(33)31(2)20(30)34)32(11-12-6-8-13(9-7-12)21(23,24)25)19(29-17)35-14-4-3-5-15(10-14)36-22(26,27)28/h3-10H,11H2,1-2H3. The lowest BCUT2D eigenvalue weighted by molar-refractivity contribution is -0.274. The number of hydrogen-bond acceptors (Lipinski definition) is 5. The lowest BCUT2D eigenvalue weighted by atomic mass is 10.1. The molecule has 14 heteroatoms. The van der Waals surface area contributed by atoms with Crippen molar-refractivity contribution in [3.05, 3.63) is 80.5 Å². The Balaban J connectivity index is 1.83. The molecule has 0 fully saturated rings. The van der Waals surface area contributed by atoms with Crippen LogP contribution >= 0.6 is 0 Å². The second kappa shape index (κ2) is 8.77. The fourth-order valence-electron chi connectivity index (χ4n) is 3.47. The highest BCUT2D eigenvalue weighted by atomic mass is 19.4. The molecule has 0 amide bonds. The highest BCUT2D eigenvalue weighted by molar-refractivity contribution is 5.72. The molecule has 0 spiro atoms. The smallest absolute Gasteiger partial charge is 0.425 e. The molecular weight excluding hydrogens is 498 g/mol. The number of aromatic nitrogens is 4. The first-order valence-corrected chi connectivity index (χ1v) is 10.1. The third-order valence-electron chi connectivity index (χ3n) is 5.18. The SMILES string of the molecule is Cn1c(=O)c2c(nc(Oc3cccc(OC(F)(F)F)c3)n2Cc2ccc(C(F)(F)F)cc2)n(C)c1=O. The maximum absolute atomic E-state index is 12.9. The summed E-state index contributed by atoms with van der Waals surface area (Å²) in [6.07, 6.45) is -9.49. The molecule has 0 saturated heterocycles. The van der Waals surface area contributed by atoms with Crippen LogP contribution in [0.15, 0.2) is 58.1 Å². The summed E-state index contributed by atoms with van der Waals surface area (Å²) in [5.74, 6) is -0.712. The summed E-state index contributed by atoms with van der Waals surface area (Å²) in [5.41, 5.74) is -2.18. The number of nitrogens with zero attached hydrogens (tertiary/aromatic N) is 4. The average Bonchev–Trinajstić information content (AvgIpc) is 3.13. The maximum atomic E-state index is 12.9. The summed E-state index contributed by atoms with van der Waals surface area (Å²) in [6.45, 7) is -0.198. The molecule has 2 aromatic heterocycles. The van der Waals surface area contributed by atoms with Crippen molar-refractivity contribution >= 4 is 11.2 Å². The molecule has 2 heterocycles. The van der Waals surface area contributed by atoms with Gasteiger partial charge in [0.25, 0.3) is 5.56 Å². The predicted molar refractivity (Wildman–Crippen MR) is 114 cm³/mol. The Bertz CT molecular complexity index is 1550. The van der Waals surface area contributed by atoms with E-state index < -0.39 is 35.1 Å². The van der Waals surface area contributed by atoms with Crippen molar-refractivity contribution in [1.29, 1.82) is 0 Å². The first-order valence-electron chi connectivity index (χ1n) is 10.1. The van der Waals surface area contributed by atoms with E-state index in [0.29, 0.717) is 5.56 Å². The molecule has 36 heavy (non-hydrogen) atoms. The average molecular weight is 514 g/mol. The highest BCUT2D eigenvalue weighted by Gasteiger charge is 2.32. The molecule has 8 nitrogen and oxygen atoms in total. The van der Waals surface area contributed by atoms with E-state index >= 15 is 0 Å². The zero-order valence-corrected chi connectivity index (χ0v) is 18.5. The van der Waals surface area contributed by atoms with E-state index in [0.717, 1.165) is 33.4 Å². The number of halogens is 6. The highest BCUT2D eigenvalue weighted by Crippen LogP contribution is 2.31. The van der Waals surface area contributed by atoms with Crippen molar-refractivity contribution < 1.29 is 35.8 Å². The van der Waals surface area contributed by atoms with Crippen LogP contribution in [0.3, 0.4) is 0 Å². The molecule has 2 aromatic carbocycles. The Morgan fingerprint density at radius 2 is 1.53 bits per heavy atom. The van der Waals surface area contributed by atoms with Gasteiger partial charge in [-0.2, -0.15) is 18.2 Å². The van der Waals surface area contributed by atoms with Crippen LogP contribution in [0.5, 0.6) is 17.5 Å². The number of imidazole rings is 1. The minimum Gasteiger partial charge on any atom is -0.425 e. The predicted octanol–water partition coefficient (Wildman–Crippen LogP) is 4.19. The van der Waals surface area contributed by atoms with Crippen molar-refractivity contribution in [2.24, 2.45) is 14.1 Å². The summed E-state index contributed by atoms with van der Waals surface area (Å²) in [5, 5.41) is 0. The van der Waals surface area contributed by atoms with Crippen LogP contribution in [0.25, 0.3) is 11.2 Å². The van der Waals surface area contributed by atoms with Crippen molar-refractivity contribution in [1.82, 2.24) is 18.7 Å². The molecule has 0 unspecified atom stereocenters. The summed E-state index contributed by atoms with van der Waals surface area (Å²) in [6, 6.07) is 8.35. The molecule has 0 aliphatic carbocycles. The molecule has 190 valence electrons. The Morgan fingerprint density at radius 3 is 2.14 bits per heavy atom. The zero-order valence-electron chi connectivity index (χ0n) is 18.5. The fourth-order valence-corrected chi connectivity index (χ4v) is 3.47. The number of rotatable bonds is 5. The van der Waals surface area contributed by atoms with Crippen LogP contribution in [0.1, 0.15) is 11.1 Å². The largest absolute Gasteiger partial charge is 0.573 e. The van der Waals surface area contributed by atoms with Crippen LogP contribution in [0.4, 0.5) is 26.3 Å². The lowest BCUT2D eigenvalue weighted by Gasteiger charge is -2.13. The number of aryl methyl sites for hydroxylation is 1. The second-order valence-electron chi connectivity index (χ2n) is 7.68. The number of benzene rings is 2. The molecule has 0 N–H and O–H groups in total. The first-order chi connectivity index (χ1) is 16.7. The Morgan fingerprint density at radius 1 is 0.889 bits per heavy atom. The molecule has 0 saturated carbocycles. The van der Waals surface area contributed by atoms with E-state index in [9.17, 15) is 35.9 Å². The molecule has 0 aliphatic rings. The minimum absolute atomic E-state index is 0.0901. The van der Waals surface area contributed by atoms with E-state index in [-0.39, 0.29) is 29.5 Å². The monoisotopic (exact) mass is 514 g/mol. The molecule has 4 aromatic rings. The number of alkyl halides is 6. The maximum Gasteiger partial charge on any atom is 0.573 e. The molecule has 4 rings (SSSR count). The van der Waals surface area contributed by atoms with E-state index in [1.165, 1.54) is 42.9 Å². The quantitative estimate of drug-likeness (QED) is 0.373. The summed E-state index contributed by atoms with van der Waals surface area (Å²) >= 11 is 0. The third kappa shape index (κ3) is 4.92. The number of ether oxygens (including phenoxy) is 2. The van der Waals surface area contributed by atoms with Crippen LogP contribution < -0.4 is 20.7 Å².